The lowest BCUT2D eigenvalue weighted by atomic mass is 10.0. The number of rotatable bonds is 4. The molecule has 6 nitrogen and oxygen atoms in total. The van der Waals surface area contributed by atoms with Gasteiger partial charge in [0, 0.05) is 37.1 Å². The lowest BCUT2D eigenvalue weighted by Crippen LogP contribution is -2.32. The van der Waals surface area contributed by atoms with Crippen molar-refractivity contribution >= 4 is 46.0 Å². The summed E-state index contributed by atoms with van der Waals surface area (Å²) in [5.74, 6) is -1.40. The molecule has 2 aromatic carbocycles. The van der Waals surface area contributed by atoms with E-state index >= 15 is 0 Å². The Morgan fingerprint density at radius 1 is 1.19 bits per heavy atom. The standard InChI is InChI=1S/C23H17ClFN3O3S/c1-28-20-5-3-16(23(30)27-13-14-6-8-26-9-7-14)12-17(20)22(29)21(32(28)31)11-15-2-4-19(25)18(24)10-15/h2-12H,13H2,1H3,(H,27,30)/b21-11+. The molecule has 32 heavy (non-hydrogen) atoms. The lowest BCUT2D eigenvalue weighted by molar-refractivity contribution is 0.0951. The molecule has 0 fully saturated rings. The second kappa shape index (κ2) is 9.02. The van der Waals surface area contributed by atoms with Gasteiger partial charge in [0.05, 0.1) is 10.7 Å². The Kier molecular flexibility index (Phi) is 6.16. The van der Waals surface area contributed by atoms with Crippen LogP contribution in [0.4, 0.5) is 10.1 Å². The number of hydrogen-bond donors (Lipinski definition) is 1. The molecule has 4 rings (SSSR count). The largest absolute Gasteiger partial charge is 0.348 e. The zero-order chi connectivity index (χ0) is 22.8. The second-order valence-corrected chi connectivity index (χ2v) is 8.92. The van der Waals surface area contributed by atoms with E-state index in [1.165, 1.54) is 34.6 Å². The Labute approximate surface area is 191 Å². The number of fused-ring (bicyclic) bond motifs is 1. The van der Waals surface area contributed by atoms with Gasteiger partial charge in [0.1, 0.15) is 10.7 Å². The highest BCUT2D eigenvalue weighted by atomic mass is 35.5. The van der Waals surface area contributed by atoms with Gasteiger partial charge in [-0.3, -0.25) is 18.9 Å². The van der Waals surface area contributed by atoms with Crippen LogP contribution in [0.1, 0.15) is 31.8 Å². The third-order valence-electron chi connectivity index (χ3n) is 4.95. The van der Waals surface area contributed by atoms with Crippen molar-refractivity contribution in [2.45, 2.75) is 6.54 Å². The van der Waals surface area contributed by atoms with E-state index in [-0.39, 0.29) is 21.4 Å². The van der Waals surface area contributed by atoms with Gasteiger partial charge in [-0.1, -0.05) is 17.7 Å². The van der Waals surface area contributed by atoms with Gasteiger partial charge in [0.25, 0.3) is 5.91 Å². The van der Waals surface area contributed by atoms with E-state index in [0.29, 0.717) is 23.4 Å². The number of allylic oxidation sites excluding steroid dienone is 1. The number of carbonyl (C=O) groups is 2. The molecule has 1 aliphatic rings. The Morgan fingerprint density at radius 2 is 1.94 bits per heavy atom. The van der Waals surface area contributed by atoms with Crippen molar-refractivity contribution in [3.63, 3.8) is 0 Å². The average molecular weight is 470 g/mol. The highest BCUT2D eigenvalue weighted by molar-refractivity contribution is 7.91. The fraction of sp³-hybridized carbons (Fsp3) is 0.0870. The van der Waals surface area contributed by atoms with Crippen molar-refractivity contribution in [1.29, 1.82) is 0 Å². The summed E-state index contributed by atoms with van der Waals surface area (Å²) in [4.78, 5) is 29.7. The van der Waals surface area contributed by atoms with Gasteiger partial charge < -0.3 is 5.32 Å². The van der Waals surface area contributed by atoms with Crippen LogP contribution in [0.2, 0.25) is 5.02 Å². The number of benzene rings is 2. The predicted octanol–water partition coefficient (Wildman–Crippen LogP) is 4.14. The molecule has 0 radical (unpaired) electrons. The number of anilines is 1. The third-order valence-corrected chi connectivity index (χ3v) is 6.61. The molecule has 1 unspecified atom stereocenters. The van der Waals surface area contributed by atoms with E-state index < -0.39 is 22.6 Å². The number of nitrogens with zero attached hydrogens (tertiary/aromatic N) is 2. The number of amides is 1. The summed E-state index contributed by atoms with van der Waals surface area (Å²) in [6, 6.07) is 12.2. The summed E-state index contributed by atoms with van der Waals surface area (Å²) in [7, 11) is -0.177. The van der Waals surface area contributed by atoms with Crippen molar-refractivity contribution in [1.82, 2.24) is 10.3 Å². The maximum absolute atomic E-state index is 13.5. The van der Waals surface area contributed by atoms with Crippen molar-refractivity contribution in [2.24, 2.45) is 0 Å². The molecule has 3 aromatic rings. The van der Waals surface area contributed by atoms with Crippen molar-refractivity contribution < 1.29 is 18.2 Å². The molecule has 162 valence electrons. The van der Waals surface area contributed by atoms with E-state index in [1.54, 1.807) is 43.7 Å². The van der Waals surface area contributed by atoms with E-state index in [9.17, 15) is 18.2 Å². The van der Waals surface area contributed by atoms with Crippen LogP contribution in [0.15, 0.2) is 65.8 Å². The number of ketones is 1. The van der Waals surface area contributed by atoms with Crippen LogP contribution in [-0.4, -0.2) is 27.9 Å². The normalized spacial score (nSPS) is 16.7. The molecular weight excluding hydrogens is 453 g/mol. The molecule has 1 atom stereocenters. The Balaban J connectivity index is 1.64. The minimum atomic E-state index is -1.77. The number of nitrogens with one attached hydrogen (secondary N) is 1. The number of carbonyl (C=O) groups excluding carboxylic acids is 2. The summed E-state index contributed by atoms with van der Waals surface area (Å²) in [6.07, 6.45) is 4.69. The van der Waals surface area contributed by atoms with Crippen LogP contribution in [0.3, 0.4) is 0 Å². The quantitative estimate of drug-likeness (QED) is 0.582. The lowest BCUT2D eigenvalue weighted by Gasteiger charge is -2.27. The topological polar surface area (TPSA) is 79.4 Å². The third kappa shape index (κ3) is 4.32. The minimum absolute atomic E-state index is 0.0111. The smallest absolute Gasteiger partial charge is 0.251 e. The molecule has 2 heterocycles. The first-order valence-corrected chi connectivity index (χ1v) is 11.0. The minimum Gasteiger partial charge on any atom is -0.348 e. The highest BCUT2D eigenvalue weighted by Gasteiger charge is 2.32. The second-order valence-electron chi connectivity index (χ2n) is 7.03. The van der Waals surface area contributed by atoms with E-state index in [2.05, 4.69) is 10.3 Å². The molecule has 1 N–H and O–H groups in total. The molecule has 0 spiro atoms. The predicted molar refractivity (Wildman–Crippen MR) is 122 cm³/mol. The fourth-order valence-corrected chi connectivity index (χ4v) is 4.56. The summed E-state index contributed by atoms with van der Waals surface area (Å²) in [6.45, 7) is 0.312. The average Bonchev–Trinajstić information content (AvgIpc) is 2.81. The summed E-state index contributed by atoms with van der Waals surface area (Å²) < 4.78 is 27.8. The first-order valence-electron chi connectivity index (χ1n) is 9.53. The monoisotopic (exact) mass is 469 g/mol. The van der Waals surface area contributed by atoms with Gasteiger partial charge in [0.2, 0.25) is 5.78 Å². The molecule has 0 aliphatic carbocycles. The van der Waals surface area contributed by atoms with E-state index in [1.807, 2.05) is 0 Å². The molecule has 1 amide bonds. The molecule has 0 saturated carbocycles. The number of pyridine rings is 1. The van der Waals surface area contributed by atoms with Crippen LogP contribution in [-0.2, 0) is 17.5 Å². The molecule has 0 saturated heterocycles. The zero-order valence-corrected chi connectivity index (χ0v) is 18.4. The Bertz CT molecular complexity index is 1280. The SMILES string of the molecule is CN1c2ccc(C(=O)NCc3ccncc3)cc2C(=O)/C(=C\c2ccc(F)c(Cl)c2)S1=O. The van der Waals surface area contributed by atoms with Gasteiger partial charge in [-0.25, -0.2) is 8.60 Å². The van der Waals surface area contributed by atoms with Crippen molar-refractivity contribution in [3.8, 4) is 0 Å². The first kappa shape index (κ1) is 21.9. The molecular formula is C23H17ClFN3O3S. The van der Waals surface area contributed by atoms with Gasteiger partial charge >= 0.3 is 0 Å². The van der Waals surface area contributed by atoms with Crippen LogP contribution < -0.4 is 9.62 Å². The summed E-state index contributed by atoms with van der Waals surface area (Å²) >= 11 is 5.82. The van der Waals surface area contributed by atoms with E-state index in [4.69, 9.17) is 11.6 Å². The Morgan fingerprint density at radius 3 is 2.66 bits per heavy atom. The van der Waals surface area contributed by atoms with Crippen LogP contribution in [0.5, 0.6) is 0 Å². The Hall–Kier alpha value is -3.36. The molecule has 1 aromatic heterocycles. The number of Topliss-reactive ketones (excluding diaryl/α,β-unsaturated/α-hetero) is 1. The maximum Gasteiger partial charge on any atom is 0.251 e. The van der Waals surface area contributed by atoms with Crippen LogP contribution in [0.25, 0.3) is 6.08 Å². The molecule has 9 heteroatoms. The zero-order valence-electron chi connectivity index (χ0n) is 16.8. The number of halogens is 2. The molecule has 0 bridgehead atoms. The van der Waals surface area contributed by atoms with Crippen molar-refractivity contribution in [3.05, 3.63) is 98.9 Å². The van der Waals surface area contributed by atoms with Gasteiger partial charge in [-0.05, 0) is 59.7 Å². The van der Waals surface area contributed by atoms with Gasteiger partial charge in [-0.2, -0.15) is 0 Å². The van der Waals surface area contributed by atoms with Crippen LogP contribution in [0, 0.1) is 5.82 Å². The highest BCUT2D eigenvalue weighted by Crippen LogP contribution is 2.33. The number of hydrogen-bond acceptors (Lipinski definition) is 4. The number of aromatic nitrogens is 1. The van der Waals surface area contributed by atoms with Gasteiger partial charge in [0.15, 0.2) is 11.0 Å². The van der Waals surface area contributed by atoms with Crippen LogP contribution >= 0.6 is 11.6 Å². The molecule has 1 aliphatic heterocycles. The van der Waals surface area contributed by atoms with Crippen molar-refractivity contribution in [2.75, 3.05) is 11.4 Å². The summed E-state index contributed by atoms with van der Waals surface area (Å²) in [5, 5.41) is 2.70. The first-order chi connectivity index (χ1) is 15.3. The van der Waals surface area contributed by atoms with Gasteiger partial charge in [-0.15, -0.1) is 0 Å². The summed E-state index contributed by atoms with van der Waals surface area (Å²) in [5.41, 5.74) is 2.34. The van der Waals surface area contributed by atoms with E-state index in [0.717, 1.165) is 5.56 Å². The maximum atomic E-state index is 13.5. The fourth-order valence-electron chi connectivity index (χ4n) is 3.24.